The van der Waals surface area contributed by atoms with Gasteiger partial charge in [0.15, 0.2) is 0 Å². The maximum absolute atomic E-state index is 5.14. The van der Waals surface area contributed by atoms with Crippen LogP contribution in [0.2, 0.25) is 0 Å². The molecule has 2 heterocycles. The minimum absolute atomic E-state index is 0.929. The van der Waals surface area contributed by atoms with E-state index < -0.39 is 0 Å². The van der Waals surface area contributed by atoms with Crippen LogP contribution < -0.4 is 0 Å². The summed E-state index contributed by atoms with van der Waals surface area (Å²) in [6, 6.07) is 73.1. The molecular weight excluding hydrogens is 701 g/mol. The SMILES string of the molecule is c1ccc2c(c1)-c1ccccc1-c1ccc(-c3c4ccccc4c(-c4ccc(-c5ccc6ccc7cccnc7c6n5)cc4)c4ccccc34)cc1-c1ccccc1-2. The van der Waals surface area contributed by atoms with Gasteiger partial charge in [-0.3, -0.25) is 4.98 Å². The number of fused-ring (bicyclic) bond motifs is 13. The normalized spacial score (nSPS) is 11.8. The van der Waals surface area contributed by atoms with Crippen LogP contribution in [0.15, 0.2) is 206 Å². The van der Waals surface area contributed by atoms with E-state index in [1.165, 1.54) is 88.3 Å². The summed E-state index contributed by atoms with van der Waals surface area (Å²) in [4.78, 5) is 9.82. The van der Waals surface area contributed by atoms with Gasteiger partial charge in [0.2, 0.25) is 0 Å². The lowest BCUT2D eigenvalue weighted by Gasteiger charge is -2.24. The summed E-state index contributed by atoms with van der Waals surface area (Å²) in [7, 11) is 0. The first-order valence-electron chi connectivity index (χ1n) is 19.9. The first-order valence-corrected chi connectivity index (χ1v) is 19.9. The Hall–Kier alpha value is -7.68. The number of pyridine rings is 2. The Bertz CT molecular complexity index is 3390. The monoisotopic (exact) mass is 734 g/mol. The van der Waals surface area contributed by atoms with Gasteiger partial charge in [0.05, 0.1) is 16.7 Å². The first kappa shape index (κ1) is 32.6. The molecule has 2 heteroatoms. The minimum Gasteiger partial charge on any atom is -0.254 e. The fourth-order valence-electron chi connectivity index (χ4n) is 9.46. The summed E-state index contributed by atoms with van der Waals surface area (Å²) in [5, 5.41) is 7.13. The zero-order valence-corrected chi connectivity index (χ0v) is 31.5. The minimum atomic E-state index is 0.929. The van der Waals surface area contributed by atoms with E-state index in [4.69, 9.17) is 4.98 Å². The summed E-state index contributed by atoms with van der Waals surface area (Å²) in [5.74, 6) is 0. The third kappa shape index (κ3) is 4.99. The molecule has 0 atom stereocenters. The number of aromatic nitrogens is 2. The standard InChI is InChI=1S/C56H34N2/c1-2-14-41-40(13-1)42-15-3-4-17-44(42)46-31-29-39(34-51(46)45-18-6-5-16-43(41)45)54-49-21-9-7-19-47(49)53(48-20-8-10-22-50(48)54)36-25-23-35(24-26-36)52-32-30-38-28-27-37-12-11-33-57-55(37)56(38)58-52/h1-34H. The lowest BCUT2D eigenvalue weighted by atomic mass is 9.79. The summed E-state index contributed by atoms with van der Waals surface area (Å²) >= 11 is 0. The molecule has 0 aliphatic heterocycles. The van der Waals surface area contributed by atoms with Crippen molar-refractivity contribution in [1.29, 1.82) is 0 Å². The third-order valence-corrected chi connectivity index (χ3v) is 12.1. The average molecular weight is 735 g/mol. The highest BCUT2D eigenvalue weighted by molar-refractivity contribution is 6.22. The molecule has 0 N–H and O–H groups in total. The van der Waals surface area contributed by atoms with Crippen molar-refractivity contribution in [3.05, 3.63) is 206 Å². The number of rotatable bonds is 3. The molecule has 0 saturated heterocycles. The highest BCUT2D eigenvalue weighted by Gasteiger charge is 2.23. The van der Waals surface area contributed by atoms with Gasteiger partial charge in [-0.1, -0.05) is 182 Å². The van der Waals surface area contributed by atoms with Crippen LogP contribution in [0, 0.1) is 0 Å². The summed E-state index contributed by atoms with van der Waals surface area (Å²) in [5.41, 5.74) is 18.8. The fourth-order valence-corrected chi connectivity index (χ4v) is 9.46. The van der Waals surface area contributed by atoms with Gasteiger partial charge in [-0.2, -0.15) is 0 Å². The van der Waals surface area contributed by atoms with E-state index in [-0.39, 0.29) is 0 Å². The molecule has 0 spiro atoms. The van der Waals surface area contributed by atoms with Crippen molar-refractivity contribution in [2.45, 2.75) is 0 Å². The predicted octanol–water partition coefficient (Wildman–Crippen LogP) is 15.1. The highest BCUT2D eigenvalue weighted by atomic mass is 14.7. The molecule has 268 valence electrons. The van der Waals surface area contributed by atoms with Crippen LogP contribution in [0.3, 0.4) is 0 Å². The maximum atomic E-state index is 5.14. The average Bonchev–Trinajstić information content (AvgIpc) is 3.30. The van der Waals surface area contributed by atoms with Crippen molar-refractivity contribution in [2.24, 2.45) is 0 Å². The quantitative estimate of drug-likeness (QED) is 0.133. The Labute approximate surface area is 336 Å². The summed E-state index contributed by atoms with van der Waals surface area (Å²) < 4.78 is 0. The van der Waals surface area contributed by atoms with Gasteiger partial charge in [0, 0.05) is 22.5 Å². The van der Waals surface area contributed by atoms with E-state index >= 15 is 0 Å². The molecule has 9 aromatic carbocycles. The van der Waals surface area contributed by atoms with Crippen molar-refractivity contribution in [1.82, 2.24) is 9.97 Å². The molecule has 0 bridgehead atoms. The van der Waals surface area contributed by atoms with Gasteiger partial charge < -0.3 is 0 Å². The van der Waals surface area contributed by atoms with Crippen LogP contribution in [-0.2, 0) is 0 Å². The zero-order chi connectivity index (χ0) is 38.2. The van der Waals surface area contributed by atoms with E-state index in [9.17, 15) is 0 Å². The van der Waals surface area contributed by atoms with Crippen LogP contribution in [0.1, 0.15) is 0 Å². The van der Waals surface area contributed by atoms with Crippen molar-refractivity contribution in [3.8, 4) is 78.0 Å². The van der Waals surface area contributed by atoms with Crippen molar-refractivity contribution in [3.63, 3.8) is 0 Å². The first-order chi connectivity index (χ1) is 28.8. The number of hydrogen-bond acceptors (Lipinski definition) is 2. The Morgan fingerprint density at radius 1 is 0.276 bits per heavy atom. The number of nitrogens with zero attached hydrogens (tertiary/aromatic N) is 2. The molecule has 0 saturated carbocycles. The van der Waals surface area contributed by atoms with Crippen LogP contribution in [0.4, 0.5) is 0 Å². The molecule has 58 heavy (non-hydrogen) atoms. The van der Waals surface area contributed by atoms with Gasteiger partial charge >= 0.3 is 0 Å². The molecule has 2 aromatic heterocycles. The van der Waals surface area contributed by atoms with E-state index in [1.807, 2.05) is 12.3 Å². The summed E-state index contributed by atoms with van der Waals surface area (Å²) in [6.45, 7) is 0. The zero-order valence-electron chi connectivity index (χ0n) is 31.5. The third-order valence-electron chi connectivity index (χ3n) is 12.1. The molecule has 0 fully saturated rings. The van der Waals surface area contributed by atoms with E-state index in [2.05, 4.69) is 199 Å². The predicted molar refractivity (Wildman–Crippen MR) is 244 cm³/mol. The maximum Gasteiger partial charge on any atom is 0.0972 e. The van der Waals surface area contributed by atoms with Gasteiger partial charge in [-0.15, -0.1) is 0 Å². The Balaban J connectivity index is 1.04. The van der Waals surface area contributed by atoms with E-state index in [0.717, 1.165) is 33.1 Å². The Kier molecular flexibility index (Phi) is 7.26. The molecule has 1 aliphatic rings. The molecule has 0 radical (unpaired) electrons. The molecule has 2 nitrogen and oxygen atoms in total. The second-order valence-electron chi connectivity index (χ2n) is 15.2. The van der Waals surface area contributed by atoms with Crippen LogP contribution in [-0.4, -0.2) is 9.97 Å². The molecule has 0 unspecified atom stereocenters. The molecular formula is C56H34N2. The summed E-state index contributed by atoms with van der Waals surface area (Å²) in [6.07, 6.45) is 1.84. The molecule has 0 amide bonds. The van der Waals surface area contributed by atoms with Crippen LogP contribution in [0.5, 0.6) is 0 Å². The number of benzene rings is 9. The molecule has 11 aromatic rings. The highest BCUT2D eigenvalue weighted by Crippen LogP contribution is 2.50. The van der Waals surface area contributed by atoms with Crippen LogP contribution >= 0.6 is 0 Å². The molecule has 1 aliphatic carbocycles. The largest absolute Gasteiger partial charge is 0.254 e. The van der Waals surface area contributed by atoms with Crippen molar-refractivity contribution < 1.29 is 0 Å². The van der Waals surface area contributed by atoms with Gasteiger partial charge in [-0.25, -0.2) is 4.98 Å². The second kappa shape index (κ2) is 12.9. The van der Waals surface area contributed by atoms with E-state index in [0.29, 0.717) is 0 Å². The topological polar surface area (TPSA) is 25.8 Å². The lowest BCUT2D eigenvalue weighted by Crippen LogP contribution is -1.97. The van der Waals surface area contributed by atoms with Gasteiger partial charge in [0.1, 0.15) is 0 Å². The number of hydrogen-bond donors (Lipinski definition) is 0. The van der Waals surface area contributed by atoms with Crippen molar-refractivity contribution >= 4 is 43.4 Å². The fraction of sp³-hybridized carbons (Fsp3) is 0. The van der Waals surface area contributed by atoms with E-state index in [1.54, 1.807) is 0 Å². The smallest absolute Gasteiger partial charge is 0.0972 e. The Morgan fingerprint density at radius 3 is 1.24 bits per heavy atom. The lowest BCUT2D eigenvalue weighted by molar-refractivity contribution is 1.37. The van der Waals surface area contributed by atoms with Gasteiger partial charge in [-0.05, 0) is 107 Å². The van der Waals surface area contributed by atoms with Crippen LogP contribution in [0.25, 0.3) is 121 Å². The Morgan fingerprint density at radius 2 is 0.690 bits per heavy atom. The van der Waals surface area contributed by atoms with Crippen molar-refractivity contribution in [2.75, 3.05) is 0 Å². The molecule has 12 rings (SSSR count). The van der Waals surface area contributed by atoms with Gasteiger partial charge in [0.25, 0.3) is 0 Å². The second-order valence-corrected chi connectivity index (χ2v) is 15.2.